The zero-order valence-electron chi connectivity index (χ0n) is 12.9. The van der Waals surface area contributed by atoms with E-state index in [0.717, 1.165) is 12.1 Å². The lowest BCUT2D eigenvalue weighted by Gasteiger charge is -2.23. The van der Waals surface area contributed by atoms with Crippen molar-refractivity contribution in [1.82, 2.24) is 5.32 Å². The molecule has 0 spiro atoms. The Hall–Kier alpha value is -1.70. The first-order chi connectivity index (χ1) is 9.89. The number of benzene rings is 1. The van der Waals surface area contributed by atoms with Crippen molar-refractivity contribution in [2.75, 3.05) is 10.5 Å². The highest BCUT2D eigenvalue weighted by molar-refractivity contribution is 7.92. The van der Waals surface area contributed by atoms with Gasteiger partial charge in [0.05, 0.1) is 17.4 Å². The van der Waals surface area contributed by atoms with Crippen LogP contribution in [0.3, 0.4) is 0 Å². The first-order valence-corrected chi connectivity index (χ1v) is 8.32. The number of hydrogen-bond donors (Lipinski definition) is 2. The monoisotopic (exact) mass is 334 g/mol. The average Bonchev–Trinajstić information content (AvgIpc) is 2.30. The molecule has 0 saturated carbocycles. The second-order valence-corrected chi connectivity index (χ2v) is 7.91. The highest BCUT2D eigenvalue weighted by Crippen LogP contribution is 2.17. The molecule has 0 aliphatic heterocycles. The third kappa shape index (κ3) is 5.97. The van der Waals surface area contributed by atoms with Gasteiger partial charge in [-0.1, -0.05) is 6.92 Å². The van der Waals surface area contributed by atoms with Crippen molar-refractivity contribution in [3.05, 3.63) is 29.8 Å². The molecule has 0 aromatic heterocycles. The molecular formula is C14H20F2N2O3S. The predicted molar refractivity (Wildman–Crippen MR) is 80.8 cm³/mol. The van der Waals surface area contributed by atoms with Crippen LogP contribution in [0.1, 0.15) is 27.7 Å². The maximum atomic E-state index is 13.5. The topological polar surface area (TPSA) is 75.3 Å². The minimum Gasteiger partial charge on any atom is -0.351 e. The number of amides is 1. The molecule has 1 aromatic carbocycles. The molecule has 1 amide bonds. The lowest BCUT2D eigenvalue weighted by atomic mass is 10.1. The summed E-state index contributed by atoms with van der Waals surface area (Å²) in [5, 5.41) is 2.67. The van der Waals surface area contributed by atoms with E-state index in [0.29, 0.717) is 6.07 Å². The van der Waals surface area contributed by atoms with E-state index in [1.54, 1.807) is 20.8 Å². The highest BCUT2D eigenvalue weighted by Gasteiger charge is 2.25. The fraction of sp³-hybridized carbons (Fsp3) is 0.500. The minimum atomic E-state index is -3.94. The van der Waals surface area contributed by atoms with Crippen LogP contribution in [0.4, 0.5) is 14.5 Å². The standard InChI is InChI=1S/C14H20F2N2O3S/c1-9(13(19)17-14(2,3)4)8-22(20,21)18-12-6-5-10(15)7-11(12)16/h5-7,9,18H,8H2,1-4H3,(H,17,19). The third-order valence-electron chi connectivity index (χ3n) is 2.61. The predicted octanol–water partition coefficient (Wildman–Crippen LogP) is 2.26. The van der Waals surface area contributed by atoms with E-state index in [2.05, 4.69) is 5.32 Å². The van der Waals surface area contributed by atoms with E-state index in [1.807, 2.05) is 4.72 Å². The molecule has 22 heavy (non-hydrogen) atoms. The summed E-state index contributed by atoms with van der Waals surface area (Å²) < 4.78 is 52.2. The van der Waals surface area contributed by atoms with Crippen molar-refractivity contribution in [2.24, 2.45) is 5.92 Å². The van der Waals surface area contributed by atoms with Crippen LogP contribution in [0.2, 0.25) is 0 Å². The molecule has 0 bridgehead atoms. The van der Waals surface area contributed by atoms with Crippen LogP contribution in [-0.4, -0.2) is 25.6 Å². The van der Waals surface area contributed by atoms with Gasteiger partial charge in [-0.05, 0) is 32.9 Å². The van der Waals surface area contributed by atoms with E-state index in [1.165, 1.54) is 6.92 Å². The molecule has 1 rings (SSSR count). The van der Waals surface area contributed by atoms with Crippen LogP contribution in [0.5, 0.6) is 0 Å². The lowest BCUT2D eigenvalue weighted by Crippen LogP contribution is -2.45. The van der Waals surface area contributed by atoms with Gasteiger partial charge in [-0.25, -0.2) is 17.2 Å². The van der Waals surface area contributed by atoms with Gasteiger partial charge in [-0.3, -0.25) is 9.52 Å². The molecule has 0 fully saturated rings. The van der Waals surface area contributed by atoms with E-state index < -0.39 is 44.8 Å². The van der Waals surface area contributed by atoms with E-state index >= 15 is 0 Å². The van der Waals surface area contributed by atoms with E-state index in [4.69, 9.17) is 0 Å². The summed E-state index contributed by atoms with van der Waals surface area (Å²) in [7, 11) is -3.94. The van der Waals surface area contributed by atoms with E-state index in [9.17, 15) is 22.0 Å². The first kappa shape index (κ1) is 18.3. The van der Waals surface area contributed by atoms with Crippen molar-refractivity contribution in [3.63, 3.8) is 0 Å². The second-order valence-electron chi connectivity index (χ2n) is 6.15. The molecule has 5 nitrogen and oxygen atoms in total. The van der Waals surface area contributed by atoms with Crippen LogP contribution in [0.25, 0.3) is 0 Å². The van der Waals surface area contributed by atoms with Crippen molar-refractivity contribution in [3.8, 4) is 0 Å². The Bertz CT molecular complexity index is 655. The Kier molecular flexibility index (Phi) is 5.50. The van der Waals surface area contributed by atoms with Gasteiger partial charge >= 0.3 is 0 Å². The molecular weight excluding hydrogens is 314 g/mol. The molecule has 8 heteroatoms. The molecule has 2 N–H and O–H groups in total. The number of anilines is 1. The van der Waals surface area contributed by atoms with Crippen LogP contribution in [-0.2, 0) is 14.8 Å². The van der Waals surface area contributed by atoms with Crippen LogP contribution >= 0.6 is 0 Å². The summed E-state index contributed by atoms with van der Waals surface area (Å²) in [5.41, 5.74) is -0.837. The number of carbonyl (C=O) groups is 1. The summed E-state index contributed by atoms with van der Waals surface area (Å²) in [4.78, 5) is 11.9. The van der Waals surface area contributed by atoms with Gasteiger partial charge in [-0.15, -0.1) is 0 Å². The molecule has 1 aromatic rings. The maximum absolute atomic E-state index is 13.5. The normalized spacial score (nSPS) is 13.5. The number of sulfonamides is 1. The Balaban J connectivity index is 2.77. The molecule has 1 atom stereocenters. The fourth-order valence-electron chi connectivity index (χ4n) is 1.68. The molecule has 0 saturated heterocycles. The number of carbonyl (C=O) groups excluding carboxylic acids is 1. The van der Waals surface area contributed by atoms with Gasteiger partial charge in [0, 0.05) is 11.6 Å². The van der Waals surface area contributed by atoms with E-state index in [-0.39, 0.29) is 5.69 Å². The highest BCUT2D eigenvalue weighted by atomic mass is 32.2. The molecule has 0 heterocycles. The molecule has 0 radical (unpaired) electrons. The van der Waals surface area contributed by atoms with Crippen LogP contribution < -0.4 is 10.0 Å². The first-order valence-electron chi connectivity index (χ1n) is 6.67. The SMILES string of the molecule is CC(CS(=O)(=O)Nc1ccc(F)cc1F)C(=O)NC(C)(C)C. The quantitative estimate of drug-likeness (QED) is 0.867. The van der Waals surface area contributed by atoms with Crippen molar-refractivity contribution in [2.45, 2.75) is 33.2 Å². The van der Waals surface area contributed by atoms with Crippen molar-refractivity contribution in [1.29, 1.82) is 0 Å². The summed E-state index contributed by atoms with van der Waals surface area (Å²) in [6.45, 7) is 6.79. The van der Waals surface area contributed by atoms with Gasteiger partial charge in [0.15, 0.2) is 0 Å². The van der Waals surface area contributed by atoms with Gasteiger partial charge in [0.2, 0.25) is 15.9 Å². The summed E-state index contributed by atoms with van der Waals surface area (Å²) in [5.74, 6) is -3.57. The number of nitrogens with one attached hydrogen (secondary N) is 2. The Morgan fingerprint density at radius 1 is 1.27 bits per heavy atom. The second kappa shape index (κ2) is 6.60. The number of rotatable bonds is 5. The van der Waals surface area contributed by atoms with Crippen molar-refractivity contribution >= 4 is 21.6 Å². The Morgan fingerprint density at radius 2 is 1.86 bits per heavy atom. The molecule has 0 aliphatic rings. The van der Waals surface area contributed by atoms with Crippen LogP contribution in [0, 0.1) is 17.6 Å². The van der Waals surface area contributed by atoms with Gasteiger partial charge in [-0.2, -0.15) is 0 Å². The van der Waals surface area contributed by atoms with Crippen molar-refractivity contribution < 1.29 is 22.0 Å². The zero-order chi connectivity index (χ0) is 17.1. The Morgan fingerprint density at radius 3 is 2.36 bits per heavy atom. The Labute approximate surface area is 129 Å². The zero-order valence-corrected chi connectivity index (χ0v) is 13.7. The largest absolute Gasteiger partial charge is 0.351 e. The summed E-state index contributed by atoms with van der Waals surface area (Å²) >= 11 is 0. The molecule has 1 unspecified atom stereocenters. The smallest absolute Gasteiger partial charge is 0.233 e. The average molecular weight is 334 g/mol. The maximum Gasteiger partial charge on any atom is 0.233 e. The van der Waals surface area contributed by atoms with Gasteiger partial charge in [0.25, 0.3) is 0 Å². The van der Waals surface area contributed by atoms with Gasteiger partial charge < -0.3 is 5.32 Å². The minimum absolute atomic E-state index is 0.357. The molecule has 0 aliphatic carbocycles. The third-order valence-corrected chi connectivity index (χ3v) is 4.08. The molecule has 124 valence electrons. The lowest BCUT2D eigenvalue weighted by molar-refractivity contribution is -0.125. The summed E-state index contributed by atoms with van der Waals surface area (Å²) in [6, 6.07) is 2.51. The van der Waals surface area contributed by atoms with Crippen LogP contribution in [0.15, 0.2) is 18.2 Å². The van der Waals surface area contributed by atoms with Gasteiger partial charge in [0.1, 0.15) is 11.6 Å². The number of halogens is 2. The number of hydrogen-bond acceptors (Lipinski definition) is 3. The fourth-order valence-corrected chi connectivity index (χ4v) is 3.07. The summed E-state index contributed by atoms with van der Waals surface area (Å²) in [6.07, 6.45) is 0.